The van der Waals surface area contributed by atoms with Crippen LogP contribution in [0, 0.1) is 13.8 Å². The Balaban J connectivity index is 2.41. The average molecular weight is 332 g/mol. The van der Waals surface area contributed by atoms with E-state index in [9.17, 15) is 8.42 Å². The molecule has 1 aromatic carbocycles. The number of aryl methyl sites for hydroxylation is 1. The molecule has 6 heteroatoms. The van der Waals surface area contributed by atoms with Crippen molar-refractivity contribution in [1.82, 2.24) is 4.31 Å². The molecule has 0 N–H and O–H groups in total. The normalized spacial score (nSPS) is 20.7. The van der Waals surface area contributed by atoms with Gasteiger partial charge in [-0.05, 0) is 43.0 Å². The Hall–Kier alpha value is -0.620. The Labute approximate surface area is 132 Å². The van der Waals surface area contributed by atoms with Crippen LogP contribution in [0.15, 0.2) is 17.0 Å². The van der Waals surface area contributed by atoms with Gasteiger partial charge in [0.05, 0.1) is 17.6 Å². The minimum Gasteiger partial charge on any atom is -0.375 e. The third kappa shape index (κ3) is 3.42. The van der Waals surface area contributed by atoms with Gasteiger partial charge >= 0.3 is 0 Å². The van der Waals surface area contributed by atoms with Crippen LogP contribution >= 0.6 is 11.6 Å². The molecule has 0 radical (unpaired) electrons. The molecule has 1 heterocycles. The number of nitrogens with zero attached hydrogens (tertiary/aromatic N) is 1. The van der Waals surface area contributed by atoms with Crippen molar-refractivity contribution in [3.8, 4) is 0 Å². The number of hydrogen-bond acceptors (Lipinski definition) is 3. The first-order valence-corrected chi connectivity index (χ1v) is 9.15. The second-order valence-corrected chi connectivity index (χ2v) is 7.61. The predicted molar refractivity (Wildman–Crippen MR) is 84.3 cm³/mol. The molecule has 0 amide bonds. The van der Waals surface area contributed by atoms with Crippen molar-refractivity contribution < 1.29 is 13.2 Å². The Morgan fingerprint density at radius 3 is 2.71 bits per heavy atom. The molecule has 1 saturated heterocycles. The first-order chi connectivity index (χ1) is 9.90. The van der Waals surface area contributed by atoms with Crippen LogP contribution in [0.2, 0.25) is 0 Å². The molecule has 0 aliphatic carbocycles. The number of sulfonamides is 1. The van der Waals surface area contributed by atoms with E-state index in [0.717, 1.165) is 23.1 Å². The fraction of sp³-hybridized carbons (Fsp3) is 0.600. The summed E-state index contributed by atoms with van der Waals surface area (Å²) in [5.74, 6) is 0.310. The van der Waals surface area contributed by atoms with Crippen LogP contribution in [-0.4, -0.2) is 38.5 Å². The summed E-state index contributed by atoms with van der Waals surface area (Å²) in [4.78, 5) is 0.370. The second-order valence-electron chi connectivity index (χ2n) is 5.43. The van der Waals surface area contributed by atoms with Gasteiger partial charge in [0, 0.05) is 19.0 Å². The van der Waals surface area contributed by atoms with E-state index >= 15 is 0 Å². The number of morpholine rings is 1. The van der Waals surface area contributed by atoms with E-state index in [0.29, 0.717) is 30.5 Å². The number of alkyl halides is 1. The lowest BCUT2D eigenvalue weighted by Crippen LogP contribution is -2.45. The zero-order valence-corrected chi connectivity index (χ0v) is 14.3. The average Bonchev–Trinajstić information content (AvgIpc) is 2.49. The van der Waals surface area contributed by atoms with E-state index in [1.807, 2.05) is 26.8 Å². The molecule has 1 aliphatic heterocycles. The van der Waals surface area contributed by atoms with Crippen LogP contribution in [0.1, 0.15) is 30.0 Å². The third-order valence-electron chi connectivity index (χ3n) is 4.01. The van der Waals surface area contributed by atoms with Gasteiger partial charge in [-0.2, -0.15) is 4.31 Å². The lowest BCUT2D eigenvalue weighted by molar-refractivity contribution is -0.00279. The van der Waals surface area contributed by atoms with Gasteiger partial charge in [0.15, 0.2) is 0 Å². The maximum atomic E-state index is 12.9. The van der Waals surface area contributed by atoms with E-state index in [1.165, 1.54) is 4.31 Å². The summed E-state index contributed by atoms with van der Waals surface area (Å²) in [5.41, 5.74) is 2.58. The van der Waals surface area contributed by atoms with E-state index in [-0.39, 0.29) is 6.10 Å². The van der Waals surface area contributed by atoms with Gasteiger partial charge < -0.3 is 4.74 Å². The Morgan fingerprint density at radius 1 is 1.38 bits per heavy atom. The molecule has 1 aliphatic rings. The summed E-state index contributed by atoms with van der Waals surface area (Å²) in [6.07, 6.45) is 0.789. The quantitative estimate of drug-likeness (QED) is 0.797. The lowest BCUT2D eigenvalue weighted by Gasteiger charge is -2.32. The van der Waals surface area contributed by atoms with Gasteiger partial charge in [0.1, 0.15) is 0 Å². The summed E-state index contributed by atoms with van der Waals surface area (Å²) in [6, 6.07) is 3.64. The highest BCUT2D eigenvalue weighted by molar-refractivity contribution is 7.89. The van der Waals surface area contributed by atoms with Crippen LogP contribution in [0.3, 0.4) is 0 Å². The van der Waals surface area contributed by atoms with Crippen molar-refractivity contribution in [3.05, 3.63) is 28.8 Å². The summed E-state index contributed by atoms with van der Waals surface area (Å²) < 4.78 is 32.9. The van der Waals surface area contributed by atoms with E-state index in [2.05, 4.69) is 0 Å². The highest BCUT2D eigenvalue weighted by atomic mass is 35.5. The Morgan fingerprint density at radius 2 is 2.10 bits per heavy atom. The molecule has 0 bridgehead atoms. The summed E-state index contributed by atoms with van der Waals surface area (Å²) in [6.45, 7) is 7.04. The molecule has 2 rings (SSSR count). The molecule has 21 heavy (non-hydrogen) atoms. The maximum absolute atomic E-state index is 12.9. The van der Waals surface area contributed by atoms with Crippen LogP contribution < -0.4 is 0 Å². The second kappa shape index (κ2) is 6.65. The van der Waals surface area contributed by atoms with Gasteiger partial charge in [-0.1, -0.05) is 13.0 Å². The molecule has 0 spiro atoms. The van der Waals surface area contributed by atoms with E-state index in [4.69, 9.17) is 16.3 Å². The van der Waals surface area contributed by atoms with Gasteiger partial charge in [0.25, 0.3) is 0 Å². The van der Waals surface area contributed by atoms with Crippen molar-refractivity contribution in [2.24, 2.45) is 0 Å². The van der Waals surface area contributed by atoms with Crippen molar-refractivity contribution >= 4 is 21.6 Å². The number of hydrogen-bond donors (Lipinski definition) is 0. The third-order valence-corrected chi connectivity index (χ3v) is 6.31. The first-order valence-electron chi connectivity index (χ1n) is 7.18. The van der Waals surface area contributed by atoms with Crippen molar-refractivity contribution in [2.75, 3.05) is 19.7 Å². The monoisotopic (exact) mass is 331 g/mol. The molecule has 1 atom stereocenters. The molecule has 1 fully saturated rings. The summed E-state index contributed by atoms with van der Waals surface area (Å²) >= 11 is 5.88. The molecular formula is C15H22ClNO3S. The van der Waals surface area contributed by atoms with Crippen LogP contribution in [0.25, 0.3) is 0 Å². The largest absolute Gasteiger partial charge is 0.375 e. The zero-order valence-electron chi connectivity index (χ0n) is 12.7. The minimum atomic E-state index is -3.50. The topological polar surface area (TPSA) is 46.6 Å². The van der Waals surface area contributed by atoms with Crippen LogP contribution in [-0.2, 0) is 20.6 Å². The highest BCUT2D eigenvalue weighted by Gasteiger charge is 2.31. The van der Waals surface area contributed by atoms with Gasteiger partial charge in [-0.25, -0.2) is 8.42 Å². The van der Waals surface area contributed by atoms with E-state index < -0.39 is 10.0 Å². The number of halogens is 1. The molecule has 1 unspecified atom stereocenters. The van der Waals surface area contributed by atoms with Crippen molar-refractivity contribution in [1.29, 1.82) is 0 Å². The Bertz CT molecular complexity index is 616. The number of benzene rings is 1. The molecule has 0 saturated carbocycles. The molecular weight excluding hydrogens is 310 g/mol. The molecule has 118 valence electrons. The fourth-order valence-corrected chi connectivity index (χ4v) is 4.50. The van der Waals surface area contributed by atoms with Crippen LogP contribution in [0.4, 0.5) is 0 Å². The SMILES string of the molecule is CCC1CN(S(=O)(=O)c2cc(CCl)cc(C)c2C)CCO1. The first kappa shape index (κ1) is 16.7. The van der Waals surface area contributed by atoms with Crippen molar-refractivity contribution in [3.63, 3.8) is 0 Å². The Kier molecular flexibility index (Phi) is 5.30. The van der Waals surface area contributed by atoms with E-state index in [1.54, 1.807) is 6.07 Å². The maximum Gasteiger partial charge on any atom is 0.243 e. The number of ether oxygens (including phenoxy) is 1. The zero-order chi connectivity index (χ0) is 15.6. The van der Waals surface area contributed by atoms with Crippen molar-refractivity contribution in [2.45, 2.75) is 44.1 Å². The predicted octanol–water partition coefficient (Wildman–Crippen LogP) is 2.84. The van der Waals surface area contributed by atoms with Gasteiger partial charge in [-0.3, -0.25) is 0 Å². The van der Waals surface area contributed by atoms with Gasteiger partial charge in [0.2, 0.25) is 10.0 Å². The van der Waals surface area contributed by atoms with Gasteiger partial charge in [-0.15, -0.1) is 11.6 Å². The highest BCUT2D eigenvalue weighted by Crippen LogP contribution is 2.26. The summed E-state index contributed by atoms with van der Waals surface area (Å²) in [7, 11) is -3.50. The summed E-state index contributed by atoms with van der Waals surface area (Å²) in [5, 5.41) is 0. The lowest BCUT2D eigenvalue weighted by atomic mass is 10.1. The fourth-order valence-electron chi connectivity index (χ4n) is 2.54. The van der Waals surface area contributed by atoms with Crippen LogP contribution in [0.5, 0.6) is 0 Å². The number of rotatable bonds is 4. The standard InChI is InChI=1S/C15H22ClNO3S/c1-4-14-10-17(5-6-20-14)21(18,19)15-8-13(9-16)7-11(2)12(15)3/h7-8,14H,4-6,9-10H2,1-3H3. The molecule has 4 nitrogen and oxygen atoms in total. The minimum absolute atomic E-state index is 0.0221. The molecule has 0 aromatic heterocycles. The molecule has 1 aromatic rings. The smallest absolute Gasteiger partial charge is 0.243 e.